The number of ether oxygens (including phenoxy) is 3. The van der Waals surface area contributed by atoms with Crippen molar-refractivity contribution in [3.8, 4) is 17.2 Å². The van der Waals surface area contributed by atoms with Crippen LogP contribution in [0.4, 0.5) is 8.78 Å². The molecule has 0 aliphatic carbocycles. The van der Waals surface area contributed by atoms with Crippen LogP contribution in [0.5, 0.6) is 17.2 Å². The minimum absolute atomic E-state index is 0.118. The van der Waals surface area contributed by atoms with Crippen LogP contribution in [-0.4, -0.2) is 83.6 Å². The zero-order valence-corrected chi connectivity index (χ0v) is 21.2. The van der Waals surface area contributed by atoms with Crippen LogP contribution in [0.2, 0.25) is 0 Å². The van der Waals surface area contributed by atoms with Gasteiger partial charge in [0.05, 0.1) is 17.9 Å². The molecule has 1 N–H and O–H groups in total. The van der Waals surface area contributed by atoms with Crippen molar-refractivity contribution in [3.63, 3.8) is 0 Å². The monoisotopic (exact) mass is 535 g/mol. The second kappa shape index (κ2) is 9.92. The highest BCUT2D eigenvalue weighted by molar-refractivity contribution is 7.89. The first-order valence-corrected chi connectivity index (χ1v) is 13.2. The Kier molecular flexibility index (Phi) is 6.82. The fraction of sp³-hybridized carbons (Fsp3) is 0.400. The Bertz CT molecular complexity index is 1360. The minimum atomic E-state index is -3.78. The zero-order chi connectivity index (χ0) is 26.3. The SMILES string of the molecule is CNCC(C(=O)N1CC2=C(C1)CN(S(=O)(=O)c1ccc3c(c1)OCCO3)C2)c1cc(F)c(F)c(OC)c1. The fourth-order valence-corrected chi connectivity index (χ4v) is 6.36. The number of fused-ring (bicyclic) bond motifs is 1. The highest BCUT2D eigenvalue weighted by Crippen LogP contribution is 2.36. The molecule has 0 fully saturated rings. The van der Waals surface area contributed by atoms with Crippen molar-refractivity contribution in [3.05, 3.63) is 58.7 Å². The first kappa shape index (κ1) is 25.4. The largest absolute Gasteiger partial charge is 0.494 e. The van der Waals surface area contributed by atoms with Gasteiger partial charge in [-0.05, 0) is 48.0 Å². The summed E-state index contributed by atoms with van der Waals surface area (Å²) in [5, 5.41) is 2.93. The number of methoxy groups -OCH3 is 1. The molecule has 9 nitrogen and oxygen atoms in total. The molecule has 0 radical (unpaired) electrons. The van der Waals surface area contributed by atoms with Crippen LogP contribution >= 0.6 is 0 Å². The predicted molar refractivity (Wildman–Crippen MR) is 129 cm³/mol. The van der Waals surface area contributed by atoms with Gasteiger partial charge in [-0.2, -0.15) is 8.70 Å². The summed E-state index contributed by atoms with van der Waals surface area (Å²) in [5.74, 6) is -2.60. The molecule has 0 aromatic heterocycles. The number of carbonyl (C=O) groups excluding carboxylic acids is 1. The van der Waals surface area contributed by atoms with Gasteiger partial charge in [0.15, 0.2) is 23.1 Å². The molecule has 198 valence electrons. The quantitative estimate of drug-likeness (QED) is 0.541. The van der Waals surface area contributed by atoms with Gasteiger partial charge in [-0.1, -0.05) is 0 Å². The van der Waals surface area contributed by atoms with Gasteiger partial charge in [0.1, 0.15) is 13.2 Å². The summed E-state index contributed by atoms with van der Waals surface area (Å²) in [5.41, 5.74) is 2.02. The number of hydrogen-bond donors (Lipinski definition) is 1. The zero-order valence-electron chi connectivity index (χ0n) is 20.4. The minimum Gasteiger partial charge on any atom is -0.494 e. The Morgan fingerprint density at radius 3 is 2.38 bits per heavy atom. The third kappa shape index (κ3) is 4.64. The number of nitrogens with one attached hydrogen (secondary N) is 1. The molecule has 0 saturated carbocycles. The average Bonchev–Trinajstić information content (AvgIpc) is 3.48. The third-order valence-corrected chi connectivity index (χ3v) is 8.59. The van der Waals surface area contributed by atoms with E-state index in [1.54, 1.807) is 18.0 Å². The Labute approximate surface area is 213 Å². The van der Waals surface area contributed by atoms with E-state index in [0.717, 1.165) is 17.2 Å². The lowest BCUT2D eigenvalue weighted by Crippen LogP contribution is -2.40. The number of likely N-dealkylation sites (N-methyl/N-ethyl adjacent to an activating group) is 1. The Balaban J connectivity index is 1.29. The Morgan fingerprint density at radius 2 is 1.73 bits per heavy atom. The normalized spacial score (nSPS) is 18.2. The second-order valence-corrected chi connectivity index (χ2v) is 11.0. The average molecular weight is 536 g/mol. The van der Waals surface area contributed by atoms with Gasteiger partial charge in [-0.15, -0.1) is 0 Å². The molecule has 3 aliphatic heterocycles. The lowest BCUT2D eigenvalue weighted by molar-refractivity contribution is -0.131. The molecular formula is C25H27F2N3O6S. The molecule has 1 atom stereocenters. The molecule has 1 unspecified atom stereocenters. The molecule has 0 spiro atoms. The highest BCUT2D eigenvalue weighted by Gasteiger charge is 2.39. The number of carbonyl (C=O) groups is 1. The van der Waals surface area contributed by atoms with Crippen molar-refractivity contribution in [1.82, 2.24) is 14.5 Å². The van der Waals surface area contributed by atoms with E-state index in [9.17, 15) is 22.0 Å². The van der Waals surface area contributed by atoms with Crippen molar-refractivity contribution >= 4 is 15.9 Å². The molecule has 0 bridgehead atoms. The third-order valence-electron chi connectivity index (χ3n) is 6.81. The van der Waals surface area contributed by atoms with E-state index in [1.807, 2.05) is 0 Å². The lowest BCUT2D eigenvalue weighted by atomic mass is 9.96. The van der Waals surface area contributed by atoms with E-state index in [2.05, 4.69) is 5.32 Å². The summed E-state index contributed by atoms with van der Waals surface area (Å²) in [6, 6.07) is 6.91. The number of rotatable bonds is 7. The van der Waals surface area contributed by atoms with E-state index in [0.29, 0.717) is 30.3 Å². The predicted octanol–water partition coefficient (Wildman–Crippen LogP) is 1.89. The Morgan fingerprint density at radius 1 is 1.05 bits per heavy atom. The maximum absolute atomic E-state index is 14.2. The van der Waals surface area contributed by atoms with Gasteiger partial charge in [0, 0.05) is 38.8 Å². The topological polar surface area (TPSA) is 97.4 Å². The highest BCUT2D eigenvalue weighted by atomic mass is 32.2. The molecule has 1 amide bonds. The lowest BCUT2D eigenvalue weighted by Gasteiger charge is -2.27. The smallest absolute Gasteiger partial charge is 0.243 e. The van der Waals surface area contributed by atoms with Crippen LogP contribution in [0.1, 0.15) is 11.5 Å². The van der Waals surface area contributed by atoms with Gasteiger partial charge < -0.3 is 24.4 Å². The first-order chi connectivity index (χ1) is 17.7. The summed E-state index contributed by atoms with van der Waals surface area (Å²) in [6.07, 6.45) is 0. The number of hydrogen-bond acceptors (Lipinski definition) is 7. The van der Waals surface area contributed by atoms with Gasteiger partial charge in [0.2, 0.25) is 21.7 Å². The number of sulfonamides is 1. The number of amides is 1. The number of nitrogens with zero attached hydrogens (tertiary/aromatic N) is 2. The summed E-state index contributed by atoms with van der Waals surface area (Å²) in [6.45, 7) is 1.85. The summed E-state index contributed by atoms with van der Waals surface area (Å²) < 4.78 is 72.0. The van der Waals surface area contributed by atoms with E-state index in [1.165, 1.54) is 29.6 Å². The Hall–Kier alpha value is -3.22. The summed E-state index contributed by atoms with van der Waals surface area (Å²) in [7, 11) is -0.886. The van der Waals surface area contributed by atoms with Crippen molar-refractivity contribution in [1.29, 1.82) is 0 Å². The van der Waals surface area contributed by atoms with Crippen LogP contribution in [0, 0.1) is 11.6 Å². The van der Waals surface area contributed by atoms with Crippen LogP contribution in [-0.2, 0) is 14.8 Å². The molecule has 12 heteroatoms. The van der Waals surface area contributed by atoms with Gasteiger partial charge in [-0.3, -0.25) is 4.79 Å². The van der Waals surface area contributed by atoms with E-state index < -0.39 is 27.6 Å². The maximum Gasteiger partial charge on any atom is 0.243 e. The van der Waals surface area contributed by atoms with Crippen molar-refractivity contribution in [2.45, 2.75) is 10.8 Å². The van der Waals surface area contributed by atoms with Crippen LogP contribution in [0.15, 0.2) is 46.4 Å². The van der Waals surface area contributed by atoms with Crippen molar-refractivity contribution in [2.24, 2.45) is 0 Å². The molecule has 2 aromatic carbocycles. The molecule has 2 aromatic rings. The number of halogens is 2. The first-order valence-electron chi connectivity index (χ1n) is 11.8. The maximum atomic E-state index is 14.2. The second-order valence-electron chi connectivity index (χ2n) is 9.11. The molecule has 37 heavy (non-hydrogen) atoms. The van der Waals surface area contributed by atoms with Crippen LogP contribution in [0.25, 0.3) is 0 Å². The molecule has 5 rings (SSSR count). The number of benzene rings is 2. The van der Waals surface area contributed by atoms with Gasteiger partial charge in [0.25, 0.3) is 0 Å². The van der Waals surface area contributed by atoms with E-state index >= 15 is 0 Å². The summed E-state index contributed by atoms with van der Waals surface area (Å²) in [4.78, 5) is 15.2. The van der Waals surface area contributed by atoms with Crippen LogP contribution in [0.3, 0.4) is 0 Å². The van der Waals surface area contributed by atoms with Crippen molar-refractivity contribution < 1.29 is 36.2 Å². The van der Waals surface area contributed by atoms with Gasteiger partial charge in [-0.25, -0.2) is 12.8 Å². The van der Waals surface area contributed by atoms with E-state index in [-0.39, 0.29) is 49.3 Å². The van der Waals surface area contributed by atoms with Crippen LogP contribution < -0.4 is 19.5 Å². The van der Waals surface area contributed by atoms with E-state index in [4.69, 9.17) is 14.2 Å². The molecule has 3 heterocycles. The van der Waals surface area contributed by atoms with Crippen molar-refractivity contribution in [2.75, 3.05) is 60.1 Å². The standard InChI is InChI=1S/C25H27F2N3O6S/c1-28-10-19(15-7-20(26)24(27)23(8-15)34-2)25(31)29-11-16-13-30(14-17(16)12-29)37(32,33)18-3-4-21-22(9-18)36-6-5-35-21/h3-4,7-9,19,28H,5-6,10-14H2,1-2H3. The van der Waals surface area contributed by atoms with Gasteiger partial charge >= 0.3 is 0 Å². The molecule has 3 aliphatic rings. The molecule has 0 saturated heterocycles. The summed E-state index contributed by atoms with van der Waals surface area (Å²) >= 11 is 0. The fourth-order valence-electron chi connectivity index (χ4n) is 4.91. The molecular weight excluding hydrogens is 508 g/mol.